The smallest absolute Gasteiger partial charge is 0.338 e. The normalized spacial score (nSPS) is 31.1. The average Bonchev–Trinajstić information content (AvgIpc) is 3.21. The molecular formula is C45H47NO14. The number of esters is 4. The molecule has 4 aliphatic rings. The van der Waals surface area contributed by atoms with Crippen LogP contribution in [0, 0.1) is 17.3 Å². The highest BCUT2D eigenvalue weighted by Crippen LogP contribution is 2.60. The molecule has 1 unspecified atom stereocenters. The Kier molecular flexibility index (Phi) is 11.6. The molecule has 1 amide bonds. The van der Waals surface area contributed by atoms with Gasteiger partial charge in [0.05, 0.1) is 36.2 Å². The van der Waals surface area contributed by atoms with Crippen molar-refractivity contribution < 1.29 is 67.8 Å². The Morgan fingerprint density at radius 3 is 2.00 bits per heavy atom. The first-order valence-electron chi connectivity index (χ1n) is 19.7. The maximum Gasteiger partial charge on any atom is 0.338 e. The summed E-state index contributed by atoms with van der Waals surface area (Å²) in [4.78, 5) is 82.2. The third-order valence-electron chi connectivity index (χ3n) is 12.4. The van der Waals surface area contributed by atoms with Crippen molar-refractivity contribution in [2.75, 3.05) is 6.61 Å². The molecule has 11 atom stereocenters. The van der Waals surface area contributed by atoms with E-state index in [1.807, 2.05) is 0 Å². The standard InChI is InChI=1S/C45H47NO14/c1-24(47)57-38-30-20-29(58-42(54)37(51)35(26-14-8-5-9-15-26)46-40(52)27-16-10-6-11-17-27)22-45(55,43(30,3)4)39(59-41(53)28-18-12-7-13-19-28)34-33(36(38)50)31(49)21-32-44(34,23-56-32)60-25(2)48/h5-20,29,31-35,37-39,49,51,55H,21-23H2,1-4H3,(H,46,52)/t29-,31+,32-,33?,34-,35+,37-,38-,39+,44+,45-/m1/s1. The third-order valence-corrected chi connectivity index (χ3v) is 12.4. The summed E-state index contributed by atoms with van der Waals surface area (Å²) in [6.07, 6.45) is -8.97. The maximum atomic E-state index is 15.0. The van der Waals surface area contributed by atoms with Crippen LogP contribution in [0.4, 0.5) is 0 Å². The third kappa shape index (κ3) is 7.51. The number of nitrogens with one attached hydrogen (secondary N) is 1. The van der Waals surface area contributed by atoms with E-state index in [1.165, 1.54) is 32.1 Å². The van der Waals surface area contributed by atoms with Gasteiger partial charge in [-0.1, -0.05) is 80.6 Å². The second-order valence-electron chi connectivity index (χ2n) is 16.3. The Balaban J connectivity index is 1.34. The van der Waals surface area contributed by atoms with Gasteiger partial charge in [0.1, 0.15) is 23.9 Å². The van der Waals surface area contributed by atoms with Crippen LogP contribution < -0.4 is 5.32 Å². The highest BCUT2D eigenvalue weighted by Gasteiger charge is 2.74. The van der Waals surface area contributed by atoms with Crippen LogP contribution in [0.1, 0.15) is 72.9 Å². The van der Waals surface area contributed by atoms with Crippen LogP contribution in [-0.4, -0.2) is 105 Å². The number of fused-ring (bicyclic) bond motifs is 5. The lowest BCUT2D eigenvalue weighted by Gasteiger charge is -2.64. The molecule has 0 aromatic heterocycles. The molecule has 1 saturated heterocycles. The van der Waals surface area contributed by atoms with Crippen molar-refractivity contribution in [2.45, 2.75) is 94.4 Å². The van der Waals surface area contributed by atoms with Crippen LogP contribution in [-0.2, 0) is 42.9 Å². The van der Waals surface area contributed by atoms with Gasteiger partial charge >= 0.3 is 23.9 Å². The zero-order valence-electron chi connectivity index (χ0n) is 33.4. The lowest BCUT2D eigenvalue weighted by Crippen LogP contribution is -2.79. The lowest BCUT2D eigenvalue weighted by molar-refractivity contribution is -0.332. The van der Waals surface area contributed by atoms with Gasteiger partial charge in [-0.15, -0.1) is 0 Å². The molecule has 3 aromatic carbocycles. The molecule has 1 aliphatic heterocycles. The van der Waals surface area contributed by atoms with E-state index in [2.05, 4.69) is 5.32 Å². The van der Waals surface area contributed by atoms with E-state index in [0.717, 1.165) is 13.8 Å². The van der Waals surface area contributed by atoms with Gasteiger partial charge < -0.3 is 44.3 Å². The highest BCUT2D eigenvalue weighted by molar-refractivity contribution is 5.95. The van der Waals surface area contributed by atoms with E-state index in [9.17, 15) is 39.3 Å². The number of ether oxygens (including phenoxy) is 5. The molecule has 3 fully saturated rings. The molecule has 7 rings (SSSR count). The van der Waals surface area contributed by atoms with Crippen molar-refractivity contribution in [3.05, 3.63) is 119 Å². The molecule has 4 N–H and O–H groups in total. The topological polar surface area (TPSA) is 221 Å². The highest BCUT2D eigenvalue weighted by atomic mass is 16.6. The van der Waals surface area contributed by atoms with Crippen molar-refractivity contribution in [2.24, 2.45) is 17.3 Å². The molecular weight excluding hydrogens is 778 g/mol. The SMILES string of the molecule is CC(=O)O[C@H]1C(=O)C2[C@H]([C@H](OC(=O)c3ccccc3)[C@]3(O)C[C@H](OC(=O)[C@H](O)[C@@H](NC(=O)c4ccccc4)c4ccccc4)C=C1C3(C)C)[C@]1(OC(C)=O)CO[C@@H]1C[C@@H]2O. The minimum Gasteiger partial charge on any atom is -0.456 e. The summed E-state index contributed by atoms with van der Waals surface area (Å²) in [6, 6.07) is 22.9. The summed E-state index contributed by atoms with van der Waals surface area (Å²) in [6.45, 7) is 5.00. The fraction of sp³-hybridized carbons (Fsp3) is 0.422. The van der Waals surface area contributed by atoms with Crippen LogP contribution in [0.3, 0.4) is 0 Å². The van der Waals surface area contributed by atoms with Crippen molar-refractivity contribution in [3.8, 4) is 0 Å². The number of benzene rings is 3. The van der Waals surface area contributed by atoms with Gasteiger partial charge in [0.25, 0.3) is 5.91 Å². The predicted molar refractivity (Wildman–Crippen MR) is 208 cm³/mol. The minimum absolute atomic E-state index is 0.0411. The van der Waals surface area contributed by atoms with E-state index < -0.39 is 113 Å². The van der Waals surface area contributed by atoms with Crippen LogP contribution in [0.25, 0.3) is 0 Å². The van der Waals surface area contributed by atoms with Crippen LogP contribution >= 0.6 is 0 Å². The van der Waals surface area contributed by atoms with Crippen LogP contribution in [0.2, 0.25) is 0 Å². The van der Waals surface area contributed by atoms with Crippen molar-refractivity contribution in [1.82, 2.24) is 5.32 Å². The Hall–Kier alpha value is -5.74. The molecule has 60 heavy (non-hydrogen) atoms. The second-order valence-corrected chi connectivity index (χ2v) is 16.3. The van der Waals surface area contributed by atoms with E-state index in [0.29, 0.717) is 5.56 Å². The number of hydrogen-bond donors (Lipinski definition) is 4. The van der Waals surface area contributed by atoms with E-state index >= 15 is 4.79 Å². The molecule has 15 nitrogen and oxygen atoms in total. The minimum atomic E-state index is -2.36. The zero-order chi connectivity index (χ0) is 43.1. The summed E-state index contributed by atoms with van der Waals surface area (Å²) in [5, 5.41) is 39.5. The first kappa shape index (κ1) is 42.4. The first-order valence-corrected chi connectivity index (χ1v) is 19.7. The van der Waals surface area contributed by atoms with Crippen molar-refractivity contribution in [3.63, 3.8) is 0 Å². The number of amides is 1. The van der Waals surface area contributed by atoms with Gasteiger partial charge in [-0.05, 0) is 41.5 Å². The zero-order valence-corrected chi connectivity index (χ0v) is 33.4. The Bertz CT molecular complexity index is 2180. The van der Waals surface area contributed by atoms with Gasteiger partial charge in [0, 0.05) is 37.7 Å². The summed E-state index contributed by atoms with van der Waals surface area (Å²) in [7, 11) is 0. The van der Waals surface area contributed by atoms with Crippen LogP contribution in [0.5, 0.6) is 0 Å². The maximum absolute atomic E-state index is 15.0. The monoisotopic (exact) mass is 825 g/mol. The number of ketones is 1. The number of aliphatic hydroxyl groups is 3. The van der Waals surface area contributed by atoms with Crippen molar-refractivity contribution in [1.29, 1.82) is 0 Å². The largest absolute Gasteiger partial charge is 0.456 e. The Morgan fingerprint density at radius 1 is 0.833 bits per heavy atom. The lowest BCUT2D eigenvalue weighted by atomic mass is 9.49. The fourth-order valence-corrected chi connectivity index (χ4v) is 9.35. The van der Waals surface area contributed by atoms with E-state index in [-0.39, 0.29) is 29.7 Å². The van der Waals surface area contributed by atoms with Gasteiger partial charge in [-0.2, -0.15) is 0 Å². The van der Waals surface area contributed by atoms with Gasteiger partial charge in [-0.3, -0.25) is 19.2 Å². The summed E-state index contributed by atoms with van der Waals surface area (Å²) in [5.41, 5.74) is -5.07. The molecule has 15 heteroatoms. The predicted octanol–water partition coefficient (Wildman–Crippen LogP) is 2.96. The number of aliphatic hydroxyl groups excluding tert-OH is 2. The van der Waals surface area contributed by atoms with E-state index in [1.54, 1.807) is 78.9 Å². The molecule has 3 aliphatic carbocycles. The average molecular weight is 826 g/mol. The molecule has 0 spiro atoms. The molecule has 316 valence electrons. The van der Waals surface area contributed by atoms with Crippen LogP contribution in [0.15, 0.2) is 103 Å². The quantitative estimate of drug-likeness (QED) is 0.131. The van der Waals surface area contributed by atoms with Gasteiger partial charge in [-0.25, -0.2) is 9.59 Å². The second kappa shape index (κ2) is 16.4. The first-order chi connectivity index (χ1) is 28.5. The molecule has 0 radical (unpaired) electrons. The number of rotatable bonds is 10. The molecule has 1 heterocycles. The number of hydrogen-bond acceptors (Lipinski definition) is 14. The van der Waals surface area contributed by atoms with Crippen molar-refractivity contribution >= 4 is 35.6 Å². The Labute approximate surface area is 345 Å². The number of carbonyl (C=O) groups excluding carboxylic acids is 6. The fourth-order valence-electron chi connectivity index (χ4n) is 9.35. The Morgan fingerprint density at radius 2 is 1.43 bits per heavy atom. The molecule has 2 saturated carbocycles. The number of Topliss-reactive ketones (excluding diaryl/α,β-unsaturated/α-hetero) is 1. The summed E-state index contributed by atoms with van der Waals surface area (Å²) in [5.74, 6) is -8.31. The summed E-state index contributed by atoms with van der Waals surface area (Å²) >= 11 is 0. The summed E-state index contributed by atoms with van der Waals surface area (Å²) < 4.78 is 29.7. The molecule has 2 bridgehead atoms. The van der Waals surface area contributed by atoms with Gasteiger partial charge in [0.2, 0.25) is 0 Å². The molecule has 3 aromatic rings. The number of carbonyl (C=O) groups is 6. The van der Waals surface area contributed by atoms with Gasteiger partial charge in [0.15, 0.2) is 23.6 Å². The van der Waals surface area contributed by atoms with E-state index in [4.69, 9.17) is 23.7 Å².